The quantitative estimate of drug-likeness (QED) is 0.766. The molecule has 2 aliphatic rings. The Morgan fingerprint density at radius 3 is 2.76 bits per heavy atom. The van der Waals surface area contributed by atoms with E-state index in [1.807, 2.05) is 0 Å². The van der Waals surface area contributed by atoms with Crippen molar-refractivity contribution in [1.29, 1.82) is 0 Å². The number of aliphatic hydroxyl groups excluding tert-OH is 1. The van der Waals surface area contributed by atoms with Crippen molar-refractivity contribution < 1.29 is 9.84 Å². The van der Waals surface area contributed by atoms with Gasteiger partial charge >= 0.3 is 0 Å². The van der Waals surface area contributed by atoms with Crippen molar-refractivity contribution in [2.45, 2.75) is 46.6 Å². The van der Waals surface area contributed by atoms with E-state index in [-0.39, 0.29) is 12.0 Å². The third-order valence-electron chi connectivity index (χ3n) is 5.23. The minimum Gasteiger partial charge on any atom is -0.396 e. The predicted octanol–water partition coefficient (Wildman–Crippen LogP) is 3.01. The van der Waals surface area contributed by atoms with E-state index in [0.29, 0.717) is 23.9 Å². The molecule has 1 aliphatic heterocycles. The molecule has 5 atom stereocenters. The van der Waals surface area contributed by atoms with Crippen LogP contribution in [-0.4, -0.2) is 24.4 Å². The van der Waals surface area contributed by atoms with Gasteiger partial charge in [0, 0.05) is 11.3 Å². The lowest BCUT2D eigenvalue weighted by molar-refractivity contribution is -0.164. The monoisotopic (exact) mass is 238 g/mol. The molecule has 17 heavy (non-hydrogen) atoms. The van der Waals surface area contributed by atoms with Gasteiger partial charge in [0.15, 0.2) is 0 Å². The summed E-state index contributed by atoms with van der Waals surface area (Å²) in [6.07, 6.45) is 5.03. The van der Waals surface area contributed by atoms with Crippen LogP contribution in [0.3, 0.4) is 0 Å². The van der Waals surface area contributed by atoms with Crippen LogP contribution in [0.25, 0.3) is 0 Å². The SMILES string of the molecule is CCC[C@@H]1OC[C@@]2(CO)[C@@H](C)C=C(C)[C@H]1[C@@H]2C. The molecule has 2 bridgehead atoms. The maximum atomic E-state index is 9.83. The van der Waals surface area contributed by atoms with Crippen molar-refractivity contribution in [3.05, 3.63) is 11.6 Å². The van der Waals surface area contributed by atoms with Crippen LogP contribution in [0, 0.1) is 23.2 Å². The molecule has 0 amide bonds. The van der Waals surface area contributed by atoms with Gasteiger partial charge in [0.1, 0.15) is 0 Å². The Hall–Kier alpha value is -0.340. The zero-order valence-corrected chi connectivity index (χ0v) is 11.6. The van der Waals surface area contributed by atoms with E-state index in [1.165, 1.54) is 12.0 Å². The van der Waals surface area contributed by atoms with Crippen LogP contribution in [-0.2, 0) is 4.74 Å². The Bertz CT molecular complexity index is 310. The standard InChI is InChI=1S/C15H26O2/c1-5-6-13-14-10(2)7-11(3)15(8-16,9-17-13)12(14)4/h7,11-14,16H,5-6,8-9H2,1-4H3/t11-,12-,13-,14-,15-/m0/s1. The summed E-state index contributed by atoms with van der Waals surface area (Å²) in [6, 6.07) is 0. The largest absolute Gasteiger partial charge is 0.396 e. The van der Waals surface area contributed by atoms with Crippen LogP contribution in [0.15, 0.2) is 11.6 Å². The first kappa shape index (κ1) is 13.1. The van der Waals surface area contributed by atoms with Crippen molar-refractivity contribution >= 4 is 0 Å². The smallest absolute Gasteiger partial charge is 0.0643 e. The summed E-state index contributed by atoms with van der Waals surface area (Å²) < 4.78 is 6.09. The van der Waals surface area contributed by atoms with Crippen LogP contribution in [0.4, 0.5) is 0 Å². The molecule has 0 saturated carbocycles. The lowest BCUT2D eigenvalue weighted by Crippen LogP contribution is -2.56. The summed E-state index contributed by atoms with van der Waals surface area (Å²) in [5.41, 5.74) is 1.42. The molecule has 0 radical (unpaired) electrons. The summed E-state index contributed by atoms with van der Waals surface area (Å²) >= 11 is 0. The first-order valence-corrected chi connectivity index (χ1v) is 6.97. The number of allylic oxidation sites excluding steroid dienone is 1. The van der Waals surface area contributed by atoms with E-state index in [0.717, 1.165) is 13.0 Å². The van der Waals surface area contributed by atoms with Gasteiger partial charge in [0.05, 0.1) is 19.3 Å². The second-order valence-corrected chi connectivity index (χ2v) is 6.04. The molecule has 1 fully saturated rings. The Labute approximate surface area is 105 Å². The number of hydrogen-bond donors (Lipinski definition) is 1. The minimum absolute atomic E-state index is 0.0472. The fourth-order valence-corrected chi connectivity index (χ4v) is 3.96. The third-order valence-corrected chi connectivity index (χ3v) is 5.23. The zero-order chi connectivity index (χ0) is 12.6. The first-order chi connectivity index (χ1) is 8.06. The third kappa shape index (κ3) is 1.86. The van der Waals surface area contributed by atoms with Crippen molar-refractivity contribution in [1.82, 2.24) is 0 Å². The molecular formula is C15H26O2. The highest BCUT2D eigenvalue weighted by molar-refractivity contribution is 5.20. The summed E-state index contributed by atoms with van der Waals surface area (Å²) in [5, 5.41) is 9.83. The summed E-state index contributed by atoms with van der Waals surface area (Å²) in [5.74, 6) is 1.45. The van der Waals surface area contributed by atoms with Crippen molar-refractivity contribution in [2.24, 2.45) is 23.2 Å². The molecule has 98 valence electrons. The fraction of sp³-hybridized carbons (Fsp3) is 0.867. The molecule has 1 N–H and O–H groups in total. The molecule has 1 aliphatic carbocycles. The van der Waals surface area contributed by atoms with Crippen LogP contribution in [0.5, 0.6) is 0 Å². The molecule has 2 heteroatoms. The van der Waals surface area contributed by atoms with Gasteiger partial charge in [0.2, 0.25) is 0 Å². The van der Waals surface area contributed by atoms with Gasteiger partial charge in [-0.2, -0.15) is 0 Å². The Morgan fingerprint density at radius 2 is 2.18 bits per heavy atom. The van der Waals surface area contributed by atoms with Gasteiger partial charge in [-0.1, -0.05) is 38.8 Å². The van der Waals surface area contributed by atoms with Crippen LogP contribution < -0.4 is 0 Å². The first-order valence-electron chi connectivity index (χ1n) is 6.97. The molecule has 1 saturated heterocycles. The Morgan fingerprint density at radius 1 is 1.47 bits per heavy atom. The molecule has 1 heterocycles. The number of ether oxygens (including phenoxy) is 1. The highest BCUT2D eigenvalue weighted by Crippen LogP contribution is 2.52. The average Bonchev–Trinajstić information content (AvgIpc) is 2.28. The zero-order valence-electron chi connectivity index (χ0n) is 11.6. The lowest BCUT2D eigenvalue weighted by atomic mass is 9.56. The predicted molar refractivity (Wildman–Crippen MR) is 69.7 cm³/mol. The number of aliphatic hydroxyl groups is 1. The molecule has 0 aromatic rings. The highest BCUT2D eigenvalue weighted by atomic mass is 16.5. The van der Waals surface area contributed by atoms with E-state index in [1.54, 1.807) is 0 Å². The normalized spacial score (nSPS) is 45.6. The molecule has 0 unspecified atom stereocenters. The van der Waals surface area contributed by atoms with Crippen molar-refractivity contribution in [3.8, 4) is 0 Å². The Kier molecular flexibility index (Phi) is 3.65. The second-order valence-electron chi connectivity index (χ2n) is 6.04. The maximum Gasteiger partial charge on any atom is 0.0643 e. The van der Waals surface area contributed by atoms with Crippen molar-refractivity contribution in [3.63, 3.8) is 0 Å². The van der Waals surface area contributed by atoms with Gasteiger partial charge < -0.3 is 9.84 Å². The molecule has 2 nitrogen and oxygen atoms in total. The molecule has 0 aromatic heterocycles. The average molecular weight is 238 g/mol. The van der Waals surface area contributed by atoms with E-state index in [9.17, 15) is 5.11 Å². The van der Waals surface area contributed by atoms with Gasteiger partial charge in [0.25, 0.3) is 0 Å². The fourth-order valence-electron chi connectivity index (χ4n) is 3.96. The number of fused-ring (bicyclic) bond motifs is 2. The van der Waals surface area contributed by atoms with Gasteiger partial charge in [-0.05, 0) is 25.2 Å². The summed E-state index contributed by atoms with van der Waals surface area (Å²) in [7, 11) is 0. The number of hydrogen-bond acceptors (Lipinski definition) is 2. The van der Waals surface area contributed by atoms with E-state index in [4.69, 9.17) is 4.74 Å². The van der Waals surface area contributed by atoms with E-state index < -0.39 is 0 Å². The lowest BCUT2D eigenvalue weighted by Gasteiger charge is -2.55. The van der Waals surface area contributed by atoms with Crippen LogP contribution in [0.2, 0.25) is 0 Å². The second kappa shape index (κ2) is 4.74. The molecule has 0 spiro atoms. The topological polar surface area (TPSA) is 29.5 Å². The van der Waals surface area contributed by atoms with Gasteiger partial charge in [-0.25, -0.2) is 0 Å². The molecular weight excluding hydrogens is 212 g/mol. The maximum absolute atomic E-state index is 9.83. The van der Waals surface area contributed by atoms with E-state index >= 15 is 0 Å². The van der Waals surface area contributed by atoms with E-state index in [2.05, 4.69) is 33.8 Å². The molecule has 2 rings (SSSR count). The summed E-state index contributed by atoms with van der Waals surface area (Å²) in [4.78, 5) is 0. The van der Waals surface area contributed by atoms with Crippen LogP contribution in [0.1, 0.15) is 40.5 Å². The Balaban J connectivity index is 2.34. The van der Waals surface area contributed by atoms with Gasteiger partial charge in [-0.3, -0.25) is 0 Å². The minimum atomic E-state index is -0.0472. The van der Waals surface area contributed by atoms with Crippen LogP contribution >= 0.6 is 0 Å². The highest BCUT2D eigenvalue weighted by Gasteiger charge is 2.52. The van der Waals surface area contributed by atoms with Crippen molar-refractivity contribution in [2.75, 3.05) is 13.2 Å². The number of rotatable bonds is 3. The summed E-state index contributed by atoms with van der Waals surface area (Å²) in [6.45, 7) is 9.93. The van der Waals surface area contributed by atoms with Gasteiger partial charge in [-0.15, -0.1) is 0 Å². The molecule has 0 aromatic carbocycles.